The monoisotopic (exact) mass is 475 g/mol. The van der Waals surface area contributed by atoms with Crippen LogP contribution >= 0.6 is 34.9 Å². The topological polar surface area (TPSA) is 135 Å². The van der Waals surface area contributed by atoms with E-state index in [0.29, 0.717) is 33.2 Å². The fourth-order valence-electron chi connectivity index (χ4n) is 2.18. The maximum atomic E-state index is 12.1. The molecule has 9 nitrogen and oxygen atoms in total. The minimum absolute atomic E-state index is 0.0468. The summed E-state index contributed by atoms with van der Waals surface area (Å²) in [5.74, 6) is 0.104. The molecule has 29 heavy (non-hydrogen) atoms. The fourth-order valence-corrected chi connectivity index (χ4v) is 5.46. The highest BCUT2D eigenvalue weighted by atomic mass is 32.2. The first-order chi connectivity index (χ1) is 13.7. The van der Waals surface area contributed by atoms with Crippen molar-refractivity contribution in [2.75, 3.05) is 29.9 Å². The SMILES string of the molecule is CCN(CC)C(=O)CSc1nnc(SCC(=O)Nc2cccc(S(N)(=O)=O)c2)s1. The molecule has 13 heteroatoms. The molecule has 0 spiro atoms. The molecule has 0 saturated heterocycles. The van der Waals surface area contributed by atoms with E-state index in [1.165, 1.54) is 53.1 Å². The number of carbonyl (C=O) groups is 2. The third-order valence-electron chi connectivity index (χ3n) is 3.60. The third-order valence-corrected chi connectivity index (χ3v) is 7.68. The van der Waals surface area contributed by atoms with Crippen LogP contribution in [-0.4, -0.2) is 59.9 Å². The van der Waals surface area contributed by atoms with Gasteiger partial charge in [0.2, 0.25) is 21.8 Å². The van der Waals surface area contributed by atoms with Crippen molar-refractivity contribution in [3.63, 3.8) is 0 Å². The van der Waals surface area contributed by atoms with Gasteiger partial charge in [-0.15, -0.1) is 10.2 Å². The van der Waals surface area contributed by atoms with E-state index < -0.39 is 10.0 Å². The Balaban J connectivity index is 1.83. The minimum atomic E-state index is -3.84. The van der Waals surface area contributed by atoms with Gasteiger partial charge in [0.1, 0.15) is 0 Å². The van der Waals surface area contributed by atoms with Gasteiger partial charge < -0.3 is 10.2 Å². The molecule has 0 unspecified atom stereocenters. The van der Waals surface area contributed by atoms with E-state index >= 15 is 0 Å². The molecule has 3 N–H and O–H groups in total. The highest BCUT2D eigenvalue weighted by Gasteiger charge is 2.14. The fraction of sp³-hybridized carbons (Fsp3) is 0.375. The van der Waals surface area contributed by atoms with Gasteiger partial charge in [0.15, 0.2) is 8.68 Å². The minimum Gasteiger partial charge on any atom is -0.343 e. The van der Waals surface area contributed by atoms with Crippen molar-refractivity contribution >= 4 is 62.4 Å². The molecular formula is C16H21N5O4S4. The lowest BCUT2D eigenvalue weighted by molar-refractivity contribution is -0.128. The van der Waals surface area contributed by atoms with Crippen LogP contribution in [0, 0.1) is 0 Å². The lowest BCUT2D eigenvalue weighted by Crippen LogP contribution is -2.31. The number of nitrogens with one attached hydrogen (secondary N) is 1. The van der Waals surface area contributed by atoms with Crippen LogP contribution < -0.4 is 10.5 Å². The van der Waals surface area contributed by atoms with Crippen LogP contribution in [-0.2, 0) is 19.6 Å². The number of aromatic nitrogens is 2. The van der Waals surface area contributed by atoms with Gasteiger partial charge in [-0.25, -0.2) is 13.6 Å². The van der Waals surface area contributed by atoms with E-state index in [1.807, 2.05) is 13.8 Å². The van der Waals surface area contributed by atoms with E-state index in [4.69, 9.17) is 5.14 Å². The van der Waals surface area contributed by atoms with Crippen molar-refractivity contribution in [3.05, 3.63) is 24.3 Å². The van der Waals surface area contributed by atoms with Crippen LogP contribution in [0.2, 0.25) is 0 Å². The number of primary sulfonamides is 1. The maximum absolute atomic E-state index is 12.1. The van der Waals surface area contributed by atoms with Gasteiger partial charge in [-0.05, 0) is 32.0 Å². The van der Waals surface area contributed by atoms with Gasteiger partial charge in [-0.3, -0.25) is 9.59 Å². The Labute approximate surface area is 181 Å². The van der Waals surface area contributed by atoms with E-state index in [0.717, 1.165) is 0 Å². The number of nitrogens with two attached hydrogens (primary N) is 1. The zero-order valence-corrected chi connectivity index (χ0v) is 19.1. The Morgan fingerprint density at radius 1 is 1.14 bits per heavy atom. The highest BCUT2D eigenvalue weighted by molar-refractivity contribution is 8.03. The zero-order valence-electron chi connectivity index (χ0n) is 15.8. The highest BCUT2D eigenvalue weighted by Crippen LogP contribution is 2.29. The molecule has 2 rings (SSSR count). The van der Waals surface area contributed by atoms with E-state index in [2.05, 4.69) is 15.5 Å². The molecule has 2 amide bonds. The molecule has 0 radical (unpaired) electrons. The van der Waals surface area contributed by atoms with E-state index in [1.54, 1.807) is 11.0 Å². The Kier molecular flexibility index (Phi) is 8.89. The summed E-state index contributed by atoms with van der Waals surface area (Å²) in [5, 5.41) is 15.7. The molecule has 0 aliphatic rings. The van der Waals surface area contributed by atoms with Gasteiger partial charge in [0.25, 0.3) is 0 Å². The Bertz CT molecular complexity index is 960. The second-order valence-corrected chi connectivity index (χ2v) is 10.6. The smallest absolute Gasteiger partial charge is 0.238 e. The number of benzene rings is 1. The largest absolute Gasteiger partial charge is 0.343 e. The molecule has 2 aromatic rings. The summed E-state index contributed by atoms with van der Waals surface area (Å²) in [6, 6.07) is 5.72. The Morgan fingerprint density at radius 2 is 1.76 bits per heavy atom. The maximum Gasteiger partial charge on any atom is 0.238 e. The average molecular weight is 476 g/mol. The molecule has 0 atom stereocenters. The number of rotatable bonds is 10. The van der Waals surface area contributed by atoms with E-state index in [-0.39, 0.29) is 22.5 Å². The van der Waals surface area contributed by atoms with Crippen LogP contribution in [0.5, 0.6) is 0 Å². The molecule has 158 valence electrons. The van der Waals surface area contributed by atoms with Crippen LogP contribution in [0.1, 0.15) is 13.8 Å². The summed E-state index contributed by atoms with van der Waals surface area (Å²) in [5.41, 5.74) is 0.338. The molecule has 0 bridgehead atoms. The molecule has 0 saturated carbocycles. The molecular weight excluding hydrogens is 454 g/mol. The summed E-state index contributed by atoms with van der Waals surface area (Å²) in [6.45, 7) is 5.20. The van der Waals surface area contributed by atoms with Crippen LogP contribution in [0.15, 0.2) is 37.8 Å². The molecule has 1 heterocycles. The summed E-state index contributed by atoms with van der Waals surface area (Å²) < 4.78 is 24.0. The first-order valence-electron chi connectivity index (χ1n) is 8.52. The number of amides is 2. The van der Waals surface area contributed by atoms with Gasteiger partial charge in [0.05, 0.1) is 16.4 Å². The third kappa shape index (κ3) is 7.59. The van der Waals surface area contributed by atoms with Crippen molar-refractivity contribution in [3.8, 4) is 0 Å². The van der Waals surface area contributed by atoms with Gasteiger partial charge in [-0.1, -0.05) is 40.9 Å². The number of hydrogen-bond donors (Lipinski definition) is 2. The second kappa shape index (κ2) is 10.9. The van der Waals surface area contributed by atoms with Crippen molar-refractivity contribution < 1.29 is 18.0 Å². The second-order valence-electron chi connectivity index (χ2n) is 5.60. The van der Waals surface area contributed by atoms with Crippen molar-refractivity contribution in [1.82, 2.24) is 15.1 Å². The Morgan fingerprint density at radius 3 is 2.34 bits per heavy atom. The lowest BCUT2D eigenvalue weighted by Gasteiger charge is -2.17. The zero-order chi connectivity index (χ0) is 21.4. The summed E-state index contributed by atoms with van der Waals surface area (Å²) in [4.78, 5) is 25.8. The van der Waals surface area contributed by atoms with Gasteiger partial charge >= 0.3 is 0 Å². The van der Waals surface area contributed by atoms with Crippen molar-refractivity contribution in [1.29, 1.82) is 0 Å². The number of hydrogen-bond acceptors (Lipinski definition) is 9. The van der Waals surface area contributed by atoms with Crippen LogP contribution in [0.3, 0.4) is 0 Å². The molecule has 1 aromatic heterocycles. The molecule has 0 fully saturated rings. The first kappa shape index (κ1) is 23.6. The van der Waals surface area contributed by atoms with Crippen LogP contribution in [0.25, 0.3) is 0 Å². The lowest BCUT2D eigenvalue weighted by atomic mass is 10.3. The number of carbonyl (C=O) groups excluding carboxylic acids is 2. The summed E-state index contributed by atoms with van der Waals surface area (Å²) in [6.07, 6.45) is 0. The standard InChI is InChI=1S/C16H21N5O4S4/c1-3-21(4-2)14(23)10-27-16-20-19-15(28-16)26-9-13(22)18-11-6-5-7-12(8-11)29(17,24)25/h5-8H,3-4,9-10H2,1-2H3,(H,18,22)(H2,17,24,25). The van der Waals surface area contributed by atoms with Gasteiger partial charge in [-0.2, -0.15) is 0 Å². The number of nitrogens with zero attached hydrogens (tertiary/aromatic N) is 3. The average Bonchev–Trinajstić information content (AvgIpc) is 3.13. The molecule has 1 aromatic carbocycles. The number of anilines is 1. The predicted octanol–water partition coefficient (Wildman–Crippen LogP) is 1.88. The molecule has 0 aliphatic carbocycles. The molecule has 0 aliphatic heterocycles. The number of thioether (sulfide) groups is 2. The van der Waals surface area contributed by atoms with E-state index in [9.17, 15) is 18.0 Å². The Hall–Kier alpha value is -1.67. The van der Waals surface area contributed by atoms with Crippen molar-refractivity contribution in [2.24, 2.45) is 5.14 Å². The predicted molar refractivity (Wildman–Crippen MR) is 116 cm³/mol. The first-order valence-corrected chi connectivity index (χ1v) is 12.9. The summed E-state index contributed by atoms with van der Waals surface area (Å²) in [7, 11) is -3.84. The quantitative estimate of drug-likeness (QED) is 0.497. The number of sulfonamides is 1. The van der Waals surface area contributed by atoms with Gasteiger partial charge in [0, 0.05) is 18.8 Å². The van der Waals surface area contributed by atoms with Crippen molar-refractivity contribution in [2.45, 2.75) is 27.4 Å². The summed E-state index contributed by atoms with van der Waals surface area (Å²) >= 11 is 3.84. The normalized spacial score (nSPS) is 11.3. The van der Waals surface area contributed by atoms with Crippen LogP contribution in [0.4, 0.5) is 5.69 Å².